The molecule has 8 heteroatoms. The molecule has 0 radical (unpaired) electrons. The SMILES string of the molecule is CN1Cc2ccc3ccccc3c2-c2c(ccc3ccccc23)CN(C)C(=O)N([C@@H](Cc2ccccc2)C(=O)O)NC1=O. The van der Waals surface area contributed by atoms with Crippen molar-refractivity contribution in [3.8, 4) is 11.1 Å². The van der Waals surface area contributed by atoms with E-state index in [2.05, 4.69) is 35.8 Å². The lowest BCUT2D eigenvalue weighted by molar-refractivity contribution is -0.143. The average Bonchev–Trinajstić information content (AvgIpc) is 3.02. The Morgan fingerprint density at radius 2 is 1.23 bits per heavy atom. The van der Waals surface area contributed by atoms with Gasteiger partial charge < -0.3 is 14.9 Å². The van der Waals surface area contributed by atoms with Gasteiger partial charge in [0.05, 0.1) is 0 Å². The van der Waals surface area contributed by atoms with E-state index < -0.39 is 24.1 Å². The molecule has 0 unspecified atom stereocenters. The van der Waals surface area contributed by atoms with Gasteiger partial charge >= 0.3 is 18.0 Å². The van der Waals surface area contributed by atoms with Gasteiger partial charge in [-0.15, -0.1) is 0 Å². The highest BCUT2D eigenvalue weighted by molar-refractivity contribution is 6.08. The second-order valence-corrected chi connectivity index (χ2v) is 11.0. The largest absolute Gasteiger partial charge is 0.480 e. The molecule has 4 amide bonds. The molecule has 5 aromatic rings. The Morgan fingerprint density at radius 1 is 0.721 bits per heavy atom. The zero-order chi connectivity index (χ0) is 30.1. The Labute approximate surface area is 249 Å². The summed E-state index contributed by atoms with van der Waals surface area (Å²) in [6, 6.07) is 31.0. The number of rotatable bonds is 4. The molecule has 1 atom stereocenters. The molecule has 0 aromatic heterocycles. The molecule has 216 valence electrons. The van der Waals surface area contributed by atoms with Crippen molar-refractivity contribution in [2.45, 2.75) is 25.6 Å². The first-order valence-electron chi connectivity index (χ1n) is 14.2. The Bertz CT molecular complexity index is 1860. The molecule has 0 spiro atoms. The summed E-state index contributed by atoms with van der Waals surface area (Å²) in [6.07, 6.45) is 0.0236. The molecule has 0 fully saturated rings. The highest BCUT2D eigenvalue weighted by atomic mass is 16.4. The van der Waals surface area contributed by atoms with E-state index >= 15 is 0 Å². The maximum absolute atomic E-state index is 14.0. The average molecular weight is 573 g/mol. The summed E-state index contributed by atoms with van der Waals surface area (Å²) in [5, 5.41) is 15.4. The molecule has 6 rings (SSSR count). The number of carbonyl (C=O) groups excluding carboxylic acids is 2. The molecule has 2 N–H and O–H groups in total. The van der Waals surface area contributed by atoms with Crippen LogP contribution in [0.1, 0.15) is 16.7 Å². The van der Waals surface area contributed by atoms with Crippen molar-refractivity contribution >= 4 is 39.6 Å². The van der Waals surface area contributed by atoms with Gasteiger partial charge in [0.15, 0.2) is 6.04 Å². The van der Waals surface area contributed by atoms with Gasteiger partial charge in [0.25, 0.3) is 0 Å². The first-order valence-corrected chi connectivity index (χ1v) is 14.2. The number of nitrogens with zero attached hydrogens (tertiary/aromatic N) is 3. The fourth-order valence-electron chi connectivity index (χ4n) is 5.90. The Kier molecular flexibility index (Phi) is 7.42. The lowest BCUT2D eigenvalue weighted by Gasteiger charge is -2.35. The van der Waals surface area contributed by atoms with Gasteiger partial charge in [-0.25, -0.2) is 24.8 Å². The van der Waals surface area contributed by atoms with Gasteiger partial charge in [-0.2, -0.15) is 0 Å². The van der Waals surface area contributed by atoms with Crippen LogP contribution in [-0.4, -0.2) is 58.1 Å². The first-order chi connectivity index (χ1) is 20.8. The van der Waals surface area contributed by atoms with Crippen LogP contribution in [0.2, 0.25) is 0 Å². The summed E-state index contributed by atoms with van der Waals surface area (Å²) in [5.41, 5.74) is 7.22. The third-order valence-electron chi connectivity index (χ3n) is 8.06. The zero-order valence-corrected chi connectivity index (χ0v) is 24.0. The number of nitrogens with one attached hydrogen (secondary N) is 1. The molecule has 0 aliphatic carbocycles. The van der Waals surface area contributed by atoms with Crippen molar-refractivity contribution in [1.82, 2.24) is 20.2 Å². The standard InChI is InChI=1S/C35H32N4O4/c1-37-21-26-18-16-24-12-6-8-14-28(24)31(26)32-27(19-17-25-13-7-9-15-29(25)32)22-38(2)35(43)39(36-34(37)42)30(33(40)41)20-23-10-4-3-5-11-23/h3-19,30H,20-22H2,1-2H3,(H,36,42)(H,40,41)/t30-/m0/s1. The van der Waals surface area contributed by atoms with Gasteiger partial charge in [-0.3, -0.25) is 0 Å². The number of carbonyl (C=O) groups is 3. The van der Waals surface area contributed by atoms with Crippen molar-refractivity contribution in [2.24, 2.45) is 0 Å². The maximum Gasteiger partial charge on any atom is 0.339 e. The lowest BCUT2D eigenvalue weighted by Crippen LogP contribution is -2.60. The van der Waals surface area contributed by atoms with E-state index in [-0.39, 0.29) is 19.5 Å². The van der Waals surface area contributed by atoms with Gasteiger partial charge in [-0.05, 0) is 49.4 Å². The summed E-state index contributed by atoms with van der Waals surface area (Å²) in [5.74, 6) is -1.22. The van der Waals surface area contributed by atoms with Crippen LogP contribution < -0.4 is 5.43 Å². The number of benzene rings is 5. The second-order valence-electron chi connectivity index (χ2n) is 11.0. The molecule has 0 bridgehead atoms. The minimum atomic E-state index is -1.33. The van der Waals surface area contributed by atoms with Crippen molar-refractivity contribution < 1.29 is 19.5 Å². The van der Waals surface area contributed by atoms with E-state index in [4.69, 9.17) is 0 Å². The van der Waals surface area contributed by atoms with Crippen LogP contribution in [0.15, 0.2) is 103 Å². The van der Waals surface area contributed by atoms with Gasteiger partial charge in [-0.1, -0.05) is 103 Å². The lowest BCUT2D eigenvalue weighted by atomic mass is 9.86. The first kappa shape index (κ1) is 27.8. The number of carboxylic acid groups (broad SMARTS) is 1. The number of hydrogen-bond acceptors (Lipinski definition) is 3. The normalized spacial score (nSPS) is 14.9. The van der Waals surface area contributed by atoms with E-state index in [1.165, 1.54) is 9.80 Å². The molecular formula is C35H32N4O4. The number of urea groups is 2. The number of aliphatic carboxylic acids is 1. The quantitative estimate of drug-likeness (QED) is 0.265. The second kappa shape index (κ2) is 11.5. The van der Waals surface area contributed by atoms with Crippen molar-refractivity contribution in [2.75, 3.05) is 14.1 Å². The molecule has 1 heterocycles. The van der Waals surface area contributed by atoms with E-state index in [1.54, 1.807) is 26.2 Å². The molecule has 0 saturated heterocycles. The van der Waals surface area contributed by atoms with Crippen LogP contribution in [0.4, 0.5) is 9.59 Å². The maximum atomic E-state index is 14.0. The molecule has 5 aromatic carbocycles. The molecule has 1 aliphatic heterocycles. The Morgan fingerprint density at radius 3 is 1.79 bits per heavy atom. The van der Waals surface area contributed by atoms with Gasteiger partial charge in [0, 0.05) is 33.6 Å². The minimum absolute atomic E-state index is 0.0236. The molecule has 8 nitrogen and oxygen atoms in total. The molecule has 43 heavy (non-hydrogen) atoms. The summed E-state index contributed by atoms with van der Waals surface area (Å²) in [4.78, 5) is 43.2. The number of fused-ring (bicyclic) bond motifs is 7. The van der Waals surface area contributed by atoms with Crippen LogP contribution in [0.25, 0.3) is 32.7 Å². The van der Waals surface area contributed by atoms with Crippen molar-refractivity contribution in [1.29, 1.82) is 0 Å². The van der Waals surface area contributed by atoms with E-state index in [9.17, 15) is 19.5 Å². The summed E-state index contributed by atoms with van der Waals surface area (Å²) < 4.78 is 0. The smallest absolute Gasteiger partial charge is 0.339 e. The van der Waals surface area contributed by atoms with Crippen LogP contribution >= 0.6 is 0 Å². The fraction of sp³-hybridized carbons (Fsp3) is 0.171. The van der Waals surface area contributed by atoms with E-state index in [0.717, 1.165) is 54.4 Å². The summed E-state index contributed by atoms with van der Waals surface area (Å²) in [7, 11) is 3.27. The monoisotopic (exact) mass is 572 g/mol. The van der Waals surface area contributed by atoms with E-state index in [1.807, 2.05) is 60.7 Å². The zero-order valence-electron chi connectivity index (χ0n) is 24.0. The van der Waals surface area contributed by atoms with Gasteiger partial charge in [0.1, 0.15) is 0 Å². The predicted molar refractivity (Wildman–Crippen MR) is 167 cm³/mol. The number of hydrogen-bond donors (Lipinski definition) is 2. The fourth-order valence-corrected chi connectivity index (χ4v) is 5.90. The van der Waals surface area contributed by atoms with Crippen LogP contribution in [-0.2, 0) is 24.3 Å². The number of carboxylic acids is 1. The highest BCUT2D eigenvalue weighted by Gasteiger charge is 2.35. The summed E-state index contributed by atoms with van der Waals surface area (Å²) >= 11 is 0. The third kappa shape index (κ3) is 5.35. The minimum Gasteiger partial charge on any atom is -0.480 e. The molecular weight excluding hydrogens is 540 g/mol. The highest BCUT2D eigenvalue weighted by Crippen LogP contribution is 2.40. The van der Waals surface area contributed by atoms with Crippen LogP contribution in [0.3, 0.4) is 0 Å². The third-order valence-corrected chi connectivity index (χ3v) is 8.06. The van der Waals surface area contributed by atoms with Crippen molar-refractivity contribution in [3.05, 3.63) is 120 Å². The van der Waals surface area contributed by atoms with Crippen LogP contribution in [0, 0.1) is 0 Å². The summed E-state index contributed by atoms with van der Waals surface area (Å²) in [6.45, 7) is 0.435. The van der Waals surface area contributed by atoms with Crippen LogP contribution in [0.5, 0.6) is 0 Å². The molecule has 1 aliphatic rings. The number of hydrazine groups is 1. The van der Waals surface area contributed by atoms with Gasteiger partial charge in [0.2, 0.25) is 0 Å². The topological polar surface area (TPSA) is 93.2 Å². The Balaban J connectivity index is 1.54. The van der Waals surface area contributed by atoms with E-state index in [0.29, 0.717) is 0 Å². The van der Waals surface area contributed by atoms with Crippen molar-refractivity contribution in [3.63, 3.8) is 0 Å². The predicted octanol–water partition coefficient (Wildman–Crippen LogP) is 6.28. The Hall–Kier alpha value is -5.37. The molecule has 0 saturated carbocycles. The number of amides is 4.